The quantitative estimate of drug-likeness (QED) is 0.490. The van der Waals surface area contributed by atoms with Gasteiger partial charge in [0.25, 0.3) is 5.69 Å². The molecule has 1 aromatic carbocycles. The normalized spacial score (nSPS) is 16.4. The van der Waals surface area contributed by atoms with Crippen molar-refractivity contribution in [1.82, 2.24) is 20.0 Å². The largest absolute Gasteiger partial charge is 0.367 e. The Kier molecular flexibility index (Phi) is 4.91. The Bertz CT molecular complexity index is 996. The molecule has 0 N–H and O–H groups in total. The lowest BCUT2D eigenvalue weighted by molar-refractivity contribution is -0.383. The lowest BCUT2D eigenvalue weighted by Gasteiger charge is -2.38. The fraction of sp³-hybridized carbons (Fsp3) is 0.421. The fourth-order valence-electron chi connectivity index (χ4n) is 3.64. The van der Waals surface area contributed by atoms with Crippen LogP contribution in [-0.2, 0) is 6.42 Å². The van der Waals surface area contributed by atoms with Crippen molar-refractivity contribution in [2.24, 2.45) is 0 Å². The highest BCUT2D eigenvalue weighted by atomic mass is 16.6. The monoisotopic (exact) mass is 382 g/mol. The third kappa shape index (κ3) is 3.29. The highest BCUT2D eigenvalue weighted by Gasteiger charge is 2.27. The SMILES string of the molecule is CCc1noc(C(C)N2CCN(c3ccc([N+](=O)[O-])c4cccnc34)CC2)n1. The van der Waals surface area contributed by atoms with Crippen molar-refractivity contribution in [2.75, 3.05) is 31.1 Å². The topological polar surface area (TPSA) is 101 Å². The van der Waals surface area contributed by atoms with Gasteiger partial charge in [-0.1, -0.05) is 12.1 Å². The Balaban J connectivity index is 1.52. The molecule has 1 fully saturated rings. The smallest absolute Gasteiger partial charge is 0.278 e. The molecule has 4 rings (SSSR count). The van der Waals surface area contributed by atoms with E-state index in [1.54, 1.807) is 30.5 Å². The summed E-state index contributed by atoms with van der Waals surface area (Å²) in [6.45, 7) is 7.32. The first-order valence-electron chi connectivity index (χ1n) is 9.42. The van der Waals surface area contributed by atoms with Crippen LogP contribution in [0.3, 0.4) is 0 Å². The van der Waals surface area contributed by atoms with Crippen LogP contribution in [0.2, 0.25) is 0 Å². The predicted molar refractivity (Wildman–Crippen MR) is 104 cm³/mol. The molecule has 28 heavy (non-hydrogen) atoms. The number of pyridine rings is 1. The molecule has 1 aliphatic heterocycles. The van der Waals surface area contributed by atoms with Gasteiger partial charge in [0, 0.05) is 44.9 Å². The van der Waals surface area contributed by atoms with Gasteiger partial charge in [0.15, 0.2) is 5.82 Å². The van der Waals surface area contributed by atoms with Gasteiger partial charge in [0.2, 0.25) is 5.89 Å². The van der Waals surface area contributed by atoms with E-state index in [2.05, 4.69) is 31.8 Å². The molecule has 1 saturated heterocycles. The van der Waals surface area contributed by atoms with Crippen LogP contribution < -0.4 is 4.90 Å². The van der Waals surface area contributed by atoms with Gasteiger partial charge in [-0.25, -0.2) is 0 Å². The maximum Gasteiger partial charge on any atom is 0.278 e. The van der Waals surface area contributed by atoms with Gasteiger partial charge < -0.3 is 9.42 Å². The van der Waals surface area contributed by atoms with E-state index >= 15 is 0 Å². The number of non-ortho nitro benzene ring substituents is 1. The van der Waals surface area contributed by atoms with Crippen LogP contribution in [0.4, 0.5) is 11.4 Å². The van der Waals surface area contributed by atoms with Gasteiger partial charge in [-0.2, -0.15) is 4.98 Å². The van der Waals surface area contributed by atoms with E-state index in [1.165, 1.54) is 0 Å². The minimum Gasteiger partial charge on any atom is -0.367 e. The third-order valence-corrected chi connectivity index (χ3v) is 5.28. The molecule has 1 unspecified atom stereocenters. The van der Waals surface area contributed by atoms with Crippen LogP contribution in [0.1, 0.15) is 31.6 Å². The van der Waals surface area contributed by atoms with E-state index in [0.29, 0.717) is 16.8 Å². The Morgan fingerprint density at radius 3 is 2.71 bits per heavy atom. The molecule has 0 amide bonds. The fourth-order valence-corrected chi connectivity index (χ4v) is 3.64. The van der Waals surface area contributed by atoms with E-state index in [-0.39, 0.29) is 16.7 Å². The summed E-state index contributed by atoms with van der Waals surface area (Å²) in [5.41, 5.74) is 1.68. The number of benzene rings is 1. The second kappa shape index (κ2) is 7.51. The zero-order valence-corrected chi connectivity index (χ0v) is 15.9. The van der Waals surface area contributed by atoms with Crippen molar-refractivity contribution in [3.63, 3.8) is 0 Å². The first-order chi connectivity index (χ1) is 13.6. The van der Waals surface area contributed by atoms with Crippen LogP contribution in [-0.4, -0.2) is 51.1 Å². The van der Waals surface area contributed by atoms with E-state index in [0.717, 1.165) is 44.1 Å². The Morgan fingerprint density at radius 1 is 1.25 bits per heavy atom. The molecule has 3 aromatic rings. The molecule has 2 aromatic heterocycles. The lowest BCUT2D eigenvalue weighted by atomic mass is 10.1. The number of hydrogen-bond donors (Lipinski definition) is 0. The van der Waals surface area contributed by atoms with Crippen LogP contribution in [0.5, 0.6) is 0 Å². The Morgan fingerprint density at radius 2 is 2.04 bits per heavy atom. The second-order valence-corrected chi connectivity index (χ2v) is 6.86. The van der Waals surface area contributed by atoms with Crippen molar-refractivity contribution >= 4 is 22.3 Å². The number of aromatic nitrogens is 3. The number of nitrogens with zero attached hydrogens (tertiary/aromatic N) is 6. The molecule has 0 radical (unpaired) electrons. The number of aryl methyl sites for hydroxylation is 1. The van der Waals surface area contributed by atoms with E-state index in [4.69, 9.17) is 4.52 Å². The van der Waals surface area contributed by atoms with E-state index < -0.39 is 0 Å². The first-order valence-corrected chi connectivity index (χ1v) is 9.42. The number of fused-ring (bicyclic) bond motifs is 1. The van der Waals surface area contributed by atoms with Crippen molar-refractivity contribution in [3.8, 4) is 0 Å². The summed E-state index contributed by atoms with van der Waals surface area (Å²) < 4.78 is 5.39. The number of anilines is 1. The molecule has 0 bridgehead atoms. The third-order valence-electron chi connectivity index (χ3n) is 5.28. The molecule has 3 heterocycles. The highest BCUT2D eigenvalue weighted by molar-refractivity contribution is 5.97. The van der Waals surface area contributed by atoms with Gasteiger partial charge in [-0.05, 0) is 25.1 Å². The zero-order chi connectivity index (χ0) is 19.7. The number of hydrogen-bond acceptors (Lipinski definition) is 8. The summed E-state index contributed by atoms with van der Waals surface area (Å²) in [6, 6.07) is 6.91. The standard InChI is InChI=1S/C19H22N6O3/c1-3-17-21-19(28-22-17)13(2)23-9-11-24(12-10-23)16-7-6-15(25(26)27)14-5-4-8-20-18(14)16/h4-8,13H,3,9-12H2,1-2H3. The maximum atomic E-state index is 11.3. The molecule has 0 aliphatic carbocycles. The lowest BCUT2D eigenvalue weighted by Crippen LogP contribution is -2.47. The molecule has 1 aliphatic rings. The van der Waals surface area contributed by atoms with E-state index in [1.807, 2.05) is 6.92 Å². The summed E-state index contributed by atoms with van der Waals surface area (Å²) >= 11 is 0. The first kappa shape index (κ1) is 18.3. The summed E-state index contributed by atoms with van der Waals surface area (Å²) in [4.78, 5) is 24.4. The Hall–Kier alpha value is -3.07. The second-order valence-electron chi connectivity index (χ2n) is 6.86. The number of rotatable bonds is 5. The van der Waals surface area contributed by atoms with E-state index in [9.17, 15) is 10.1 Å². The zero-order valence-electron chi connectivity index (χ0n) is 15.9. The van der Waals surface area contributed by atoms with Gasteiger partial charge in [0.05, 0.1) is 22.0 Å². The van der Waals surface area contributed by atoms with Gasteiger partial charge in [-0.3, -0.25) is 20.0 Å². The van der Waals surface area contributed by atoms with Crippen LogP contribution in [0.15, 0.2) is 35.0 Å². The molecule has 0 spiro atoms. The minimum atomic E-state index is -0.359. The summed E-state index contributed by atoms with van der Waals surface area (Å²) in [6.07, 6.45) is 2.43. The van der Waals surface area contributed by atoms with Crippen LogP contribution in [0.25, 0.3) is 10.9 Å². The molecule has 9 heteroatoms. The molecule has 146 valence electrons. The molecule has 0 saturated carbocycles. The van der Waals surface area contributed by atoms with Crippen LogP contribution in [0, 0.1) is 10.1 Å². The number of nitro groups is 1. The highest BCUT2D eigenvalue weighted by Crippen LogP contribution is 2.33. The van der Waals surface area contributed by atoms with Gasteiger partial charge in [-0.15, -0.1) is 0 Å². The molecular formula is C19H22N6O3. The number of piperazine rings is 1. The van der Waals surface area contributed by atoms with Gasteiger partial charge >= 0.3 is 0 Å². The Labute approximate surface area is 162 Å². The minimum absolute atomic E-state index is 0.0571. The predicted octanol–water partition coefficient (Wildman–Crippen LogP) is 2.97. The summed E-state index contributed by atoms with van der Waals surface area (Å²) in [7, 11) is 0. The summed E-state index contributed by atoms with van der Waals surface area (Å²) in [5.74, 6) is 1.37. The average Bonchev–Trinajstić information content (AvgIpc) is 3.22. The van der Waals surface area contributed by atoms with Crippen molar-refractivity contribution < 1.29 is 9.45 Å². The van der Waals surface area contributed by atoms with Crippen molar-refractivity contribution in [3.05, 3.63) is 52.3 Å². The van der Waals surface area contributed by atoms with Crippen molar-refractivity contribution in [1.29, 1.82) is 0 Å². The molecule has 9 nitrogen and oxygen atoms in total. The molecule has 1 atom stereocenters. The van der Waals surface area contributed by atoms with Crippen LogP contribution >= 0.6 is 0 Å². The maximum absolute atomic E-state index is 11.3. The number of nitro benzene ring substituents is 1. The molecular weight excluding hydrogens is 360 g/mol. The average molecular weight is 382 g/mol. The van der Waals surface area contributed by atoms with Gasteiger partial charge in [0.1, 0.15) is 5.52 Å². The van der Waals surface area contributed by atoms with Crippen molar-refractivity contribution in [2.45, 2.75) is 26.3 Å². The summed E-state index contributed by atoms with van der Waals surface area (Å²) in [5, 5.41) is 15.9.